The molecule has 3 rings (SSSR count). The number of nitrogens with one attached hydrogen (secondary N) is 3. The van der Waals surface area contributed by atoms with Gasteiger partial charge in [-0.2, -0.15) is 0 Å². The van der Waals surface area contributed by atoms with E-state index in [2.05, 4.69) is 20.9 Å². The van der Waals surface area contributed by atoms with Gasteiger partial charge in [0.2, 0.25) is 5.91 Å². The first-order valence-corrected chi connectivity index (χ1v) is 11.2. The number of benzene rings is 1. The third-order valence-electron chi connectivity index (χ3n) is 4.71. The van der Waals surface area contributed by atoms with Crippen molar-refractivity contribution in [2.75, 3.05) is 44.8 Å². The van der Waals surface area contributed by atoms with Crippen LogP contribution < -0.4 is 25.4 Å². The summed E-state index contributed by atoms with van der Waals surface area (Å²) < 4.78 is 17.1. The highest BCUT2D eigenvalue weighted by Gasteiger charge is 2.20. The quantitative estimate of drug-likeness (QED) is 0.316. The lowest BCUT2D eigenvalue weighted by atomic mass is 10.1. The van der Waals surface area contributed by atoms with Gasteiger partial charge in [-0.15, -0.1) is 0 Å². The largest absolute Gasteiger partial charge is 0.490 e. The SMILES string of the molecule is CC(C)(C)NC(=O)CN=C(NCCCOCC1CC1)Nc1ccc2c(c1)OCCCO2. The molecule has 1 heterocycles. The van der Waals surface area contributed by atoms with Crippen molar-refractivity contribution in [2.45, 2.75) is 52.0 Å². The van der Waals surface area contributed by atoms with Gasteiger partial charge in [0.25, 0.3) is 0 Å². The van der Waals surface area contributed by atoms with Crippen LogP contribution in [0.5, 0.6) is 11.5 Å². The molecule has 172 valence electrons. The molecule has 1 fully saturated rings. The number of carbonyl (C=O) groups excluding carboxylic acids is 1. The molecule has 0 aromatic heterocycles. The summed E-state index contributed by atoms with van der Waals surface area (Å²) in [4.78, 5) is 16.7. The predicted octanol–water partition coefficient (Wildman–Crippen LogP) is 2.94. The van der Waals surface area contributed by atoms with Gasteiger partial charge in [0, 0.05) is 43.5 Å². The van der Waals surface area contributed by atoms with Crippen molar-refractivity contribution in [2.24, 2.45) is 10.9 Å². The van der Waals surface area contributed by atoms with E-state index in [1.165, 1.54) is 12.8 Å². The number of ether oxygens (including phenoxy) is 3. The average Bonchev–Trinajstić information content (AvgIpc) is 3.54. The molecule has 1 saturated carbocycles. The van der Waals surface area contributed by atoms with E-state index < -0.39 is 0 Å². The van der Waals surface area contributed by atoms with Crippen molar-refractivity contribution in [3.63, 3.8) is 0 Å². The van der Waals surface area contributed by atoms with E-state index >= 15 is 0 Å². The monoisotopic (exact) mass is 432 g/mol. The Hall–Kier alpha value is -2.48. The second kappa shape index (κ2) is 11.2. The zero-order chi connectivity index (χ0) is 22.1. The molecular weight excluding hydrogens is 396 g/mol. The minimum Gasteiger partial charge on any atom is -0.490 e. The molecule has 0 radical (unpaired) electrons. The molecule has 31 heavy (non-hydrogen) atoms. The molecule has 2 aliphatic rings. The van der Waals surface area contributed by atoms with Crippen molar-refractivity contribution in [1.82, 2.24) is 10.6 Å². The molecule has 1 aliphatic carbocycles. The second-order valence-corrected chi connectivity index (χ2v) is 9.10. The van der Waals surface area contributed by atoms with Crippen molar-refractivity contribution in [3.8, 4) is 11.5 Å². The standard InChI is InChI=1S/C23H36N4O4/c1-23(2,3)27-21(28)15-25-22(24-10-4-11-29-16-17-6-7-17)26-18-8-9-19-20(14-18)31-13-5-12-30-19/h8-9,14,17H,4-7,10-13,15-16H2,1-3H3,(H,27,28)(H2,24,25,26). The van der Waals surface area contributed by atoms with Crippen LogP contribution in [0, 0.1) is 5.92 Å². The summed E-state index contributed by atoms with van der Waals surface area (Å²) in [6.07, 6.45) is 4.32. The summed E-state index contributed by atoms with van der Waals surface area (Å²) in [5.74, 6) is 2.64. The third kappa shape index (κ3) is 9.04. The molecule has 0 spiro atoms. The Kier molecular flexibility index (Phi) is 8.40. The Morgan fingerprint density at radius 2 is 1.97 bits per heavy atom. The fourth-order valence-electron chi connectivity index (χ4n) is 3.04. The Morgan fingerprint density at radius 3 is 2.71 bits per heavy atom. The first-order valence-electron chi connectivity index (χ1n) is 11.2. The number of fused-ring (bicyclic) bond motifs is 1. The van der Waals surface area contributed by atoms with Crippen LogP contribution in [0.2, 0.25) is 0 Å². The number of hydrogen-bond donors (Lipinski definition) is 3. The highest BCUT2D eigenvalue weighted by Crippen LogP contribution is 2.32. The van der Waals surface area contributed by atoms with Gasteiger partial charge < -0.3 is 30.2 Å². The van der Waals surface area contributed by atoms with Crippen LogP contribution in [-0.4, -0.2) is 56.9 Å². The molecule has 1 aromatic rings. The van der Waals surface area contributed by atoms with E-state index in [0.717, 1.165) is 36.8 Å². The minimum absolute atomic E-state index is 0.0370. The smallest absolute Gasteiger partial charge is 0.242 e. The molecule has 3 N–H and O–H groups in total. The van der Waals surface area contributed by atoms with Crippen LogP contribution in [0.3, 0.4) is 0 Å². The number of carbonyl (C=O) groups is 1. The van der Waals surface area contributed by atoms with Crippen LogP contribution in [0.15, 0.2) is 23.2 Å². The topological polar surface area (TPSA) is 93.2 Å². The summed E-state index contributed by atoms with van der Waals surface area (Å²) in [7, 11) is 0. The highest BCUT2D eigenvalue weighted by molar-refractivity contribution is 5.95. The minimum atomic E-state index is -0.291. The van der Waals surface area contributed by atoms with Gasteiger partial charge >= 0.3 is 0 Å². The van der Waals surface area contributed by atoms with Gasteiger partial charge in [0.1, 0.15) is 6.54 Å². The Labute approximate surface area is 185 Å². The van der Waals surface area contributed by atoms with Crippen LogP contribution >= 0.6 is 0 Å². The fourth-order valence-corrected chi connectivity index (χ4v) is 3.04. The molecule has 0 atom stereocenters. The molecule has 1 aliphatic heterocycles. The van der Waals surface area contributed by atoms with Gasteiger partial charge in [-0.05, 0) is 58.1 Å². The highest BCUT2D eigenvalue weighted by atomic mass is 16.5. The Bertz CT molecular complexity index is 756. The first-order chi connectivity index (χ1) is 14.9. The van der Waals surface area contributed by atoms with Crippen molar-refractivity contribution < 1.29 is 19.0 Å². The number of aliphatic imine (C=N–C) groups is 1. The molecule has 0 unspecified atom stereocenters. The van der Waals surface area contributed by atoms with Gasteiger partial charge in [-0.1, -0.05) is 0 Å². The summed E-state index contributed by atoms with van der Waals surface area (Å²) in [5, 5.41) is 9.49. The molecule has 0 saturated heterocycles. The second-order valence-electron chi connectivity index (χ2n) is 9.10. The number of anilines is 1. The molecule has 1 amide bonds. The fraction of sp³-hybridized carbons (Fsp3) is 0.652. The van der Waals surface area contributed by atoms with Gasteiger partial charge in [0.15, 0.2) is 17.5 Å². The Morgan fingerprint density at radius 1 is 1.19 bits per heavy atom. The van der Waals surface area contributed by atoms with E-state index in [-0.39, 0.29) is 18.0 Å². The average molecular weight is 433 g/mol. The third-order valence-corrected chi connectivity index (χ3v) is 4.71. The van der Waals surface area contributed by atoms with Crippen LogP contribution in [0.4, 0.5) is 5.69 Å². The van der Waals surface area contributed by atoms with Crippen molar-refractivity contribution in [3.05, 3.63) is 18.2 Å². The van der Waals surface area contributed by atoms with E-state index in [1.54, 1.807) is 0 Å². The number of nitrogens with zero attached hydrogens (tertiary/aromatic N) is 1. The molecular formula is C23H36N4O4. The lowest BCUT2D eigenvalue weighted by Gasteiger charge is -2.20. The summed E-state index contributed by atoms with van der Waals surface area (Å²) in [5.41, 5.74) is 0.526. The zero-order valence-corrected chi connectivity index (χ0v) is 19.0. The molecule has 8 heteroatoms. The summed E-state index contributed by atoms with van der Waals surface area (Å²) in [6.45, 7) is 9.44. The predicted molar refractivity (Wildman–Crippen MR) is 122 cm³/mol. The van der Waals surface area contributed by atoms with E-state index in [0.29, 0.717) is 38.1 Å². The lowest BCUT2D eigenvalue weighted by Crippen LogP contribution is -2.42. The maximum Gasteiger partial charge on any atom is 0.242 e. The number of rotatable bonds is 9. The summed E-state index contributed by atoms with van der Waals surface area (Å²) in [6, 6.07) is 5.70. The van der Waals surface area contributed by atoms with Crippen molar-refractivity contribution >= 4 is 17.6 Å². The van der Waals surface area contributed by atoms with E-state index in [9.17, 15) is 4.79 Å². The summed E-state index contributed by atoms with van der Waals surface area (Å²) >= 11 is 0. The van der Waals surface area contributed by atoms with Crippen LogP contribution in [0.25, 0.3) is 0 Å². The van der Waals surface area contributed by atoms with Crippen LogP contribution in [-0.2, 0) is 9.53 Å². The van der Waals surface area contributed by atoms with Gasteiger partial charge in [-0.25, -0.2) is 4.99 Å². The van der Waals surface area contributed by atoms with E-state index in [4.69, 9.17) is 14.2 Å². The molecule has 1 aromatic carbocycles. The first kappa shape index (κ1) is 23.2. The van der Waals surface area contributed by atoms with Gasteiger partial charge in [0.05, 0.1) is 13.2 Å². The number of hydrogen-bond acceptors (Lipinski definition) is 5. The number of guanidine groups is 1. The lowest BCUT2D eigenvalue weighted by molar-refractivity contribution is -0.121. The Balaban J connectivity index is 1.56. The normalized spacial score (nSPS) is 16.4. The van der Waals surface area contributed by atoms with Gasteiger partial charge in [-0.3, -0.25) is 4.79 Å². The molecule has 8 nitrogen and oxygen atoms in total. The number of amides is 1. The van der Waals surface area contributed by atoms with E-state index in [1.807, 2.05) is 39.0 Å². The maximum atomic E-state index is 12.2. The maximum absolute atomic E-state index is 12.2. The van der Waals surface area contributed by atoms with Crippen molar-refractivity contribution in [1.29, 1.82) is 0 Å². The zero-order valence-electron chi connectivity index (χ0n) is 19.0. The van der Waals surface area contributed by atoms with Crippen LogP contribution in [0.1, 0.15) is 46.5 Å². The molecule has 0 bridgehead atoms.